The Kier molecular flexibility index (Phi) is 5.94. The zero-order valence-electron chi connectivity index (χ0n) is 16.4. The van der Waals surface area contributed by atoms with Gasteiger partial charge in [-0.15, -0.1) is 0 Å². The van der Waals surface area contributed by atoms with Crippen LogP contribution in [0.15, 0.2) is 71.9 Å². The van der Waals surface area contributed by atoms with Crippen LogP contribution in [0.5, 0.6) is 5.75 Å². The maximum Gasteiger partial charge on any atom is 0.262 e. The van der Waals surface area contributed by atoms with E-state index in [1.165, 1.54) is 36.7 Å². The summed E-state index contributed by atoms with van der Waals surface area (Å²) in [6.07, 6.45) is 3.04. The molecule has 1 atom stereocenters. The fraction of sp³-hybridized carbons (Fsp3) is 0.190. The molecule has 2 aromatic carbocycles. The van der Waals surface area contributed by atoms with Gasteiger partial charge in [0.1, 0.15) is 11.8 Å². The standard InChI is InChI=1S/C21H20N4O5S/c26-16-6-8-17(9-7-16)31(28,29)25-13-19-18(22-10-11-23-19)12-20(25)21(27)24-30-14-15-4-2-1-3-5-15/h1-11,20,26H,12-14H2,(H,24,27). The van der Waals surface area contributed by atoms with Gasteiger partial charge < -0.3 is 5.11 Å². The van der Waals surface area contributed by atoms with E-state index in [-0.39, 0.29) is 30.2 Å². The van der Waals surface area contributed by atoms with E-state index in [4.69, 9.17) is 4.84 Å². The van der Waals surface area contributed by atoms with Crippen molar-refractivity contribution in [3.63, 3.8) is 0 Å². The first-order valence-electron chi connectivity index (χ1n) is 9.50. The van der Waals surface area contributed by atoms with E-state index in [9.17, 15) is 18.3 Å². The fourth-order valence-electron chi connectivity index (χ4n) is 3.30. The Morgan fingerprint density at radius 1 is 1.06 bits per heavy atom. The minimum absolute atomic E-state index is 0.0411. The highest BCUT2D eigenvalue weighted by Gasteiger charge is 2.40. The third-order valence-electron chi connectivity index (χ3n) is 4.90. The summed E-state index contributed by atoms with van der Waals surface area (Å²) in [5.74, 6) is -0.660. The molecule has 1 aliphatic heterocycles. The molecule has 160 valence electrons. The zero-order valence-corrected chi connectivity index (χ0v) is 17.2. The van der Waals surface area contributed by atoms with Crippen LogP contribution < -0.4 is 5.48 Å². The normalized spacial score (nSPS) is 16.5. The molecule has 4 rings (SSSR count). The summed E-state index contributed by atoms with van der Waals surface area (Å²) in [4.78, 5) is 26.6. The minimum atomic E-state index is -4.05. The SMILES string of the molecule is O=C(NOCc1ccccc1)C1Cc2nccnc2CN1S(=O)(=O)c1ccc(O)cc1. The molecule has 0 fully saturated rings. The molecular weight excluding hydrogens is 420 g/mol. The Morgan fingerprint density at radius 3 is 2.45 bits per heavy atom. The van der Waals surface area contributed by atoms with E-state index < -0.39 is 22.0 Å². The lowest BCUT2D eigenvalue weighted by molar-refractivity contribution is -0.139. The van der Waals surface area contributed by atoms with Gasteiger partial charge in [-0.2, -0.15) is 4.31 Å². The highest BCUT2D eigenvalue weighted by atomic mass is 32.2. The molecule has 0 spiro atoms. The molecule has 0 saturated carbocycles. The van der Waals surface area contributed by atoms with Gasteiger partial charge >= 0.3 is 0 Å². The third-order valence-corrected chi connectivity index (χ3v) is 6.77. The lowest BCUT2D eigenvalue weighted by atomic mass is 10.0. The Morgan fingerprint density at radius 2 is 1.74 bits per heavy atom. The molecule has 3 aromatic rings. The van der Waals surface area contributed by atoms with Crippen LogP contribution in [-0.4, -0.2) is 39.7 Å². The Labute approximate surface area is 179 Å². The van der Waals surface area contributed by atoms with Crippen molar-refractivity contribution < 1.29 is 23.2 Å². The predicted molar refractivity (Wildman–Crippen MR) is 110 cm³/mol. The number of carbonyl (C=O) groups excluding carboxylic acids is 1. The van der Waals surface area contributed by atoms with Crippen molar-refractivity contribution in [1.82, 2.24) is 19.8 Å². The molecule has 10 heteroatoms. The number of rotatable bonds is 6. The van der Waals surface area contributed by atoms with Gasteiger partial charge in [-0.05, 0) is 29.8 Å². The van der Waals surface area contributed by atoms with Gasteiger partial charge in [0.2, 0.25) is 10.0 Å². The molecule has 2 N–H and O–H groups in total. The summed E-state index contributed by atoms with van der Waals surface area (Å²) in [5, 5.41) is 9.49. The van der Waals surface area contributed by atoms with Gasteiger partial charge in [0.25, 0.3) is 5.91 Å². The zero-order chi connectivity index (χ0) is 21.8. The molecule has 1 unspecified atom stereocenters. The highest BCUT2D eigenvalue weighted by Crippen LogP contribution is 2.28. The third kappa shape index (κ3) is 4.55. The second kappa shape index (κ2) is 8.80. The molecule has 1 amide bonds. The van der Waals surface area contributed by atoms with E-state index in [0.29, 0.717) is 11.4 Å². The van der Waals surface area contributed by atoms with Crippen LogP contribution in [0.2, 0.25) is 0 Å². The number of nitrogens with one attached hydrogen (secondary N) is 1. The summed E-state index contributed by atoms with van der Waals surface area (Å²) in [6, 6.07) is 13.3. The van der Waals surface area contributed by atoms with Crippen molar-refractivity contribution in [3.8, 4) is 5.75 Å². The van der Waals surface area contributed by atoms with Crippen LogP contribution in [0.4, 0.5) is 0 Å². The van der Waals surface area contributed by atoms with Crippen LogP contribution in [-0.2, 0) is 39.2 Å². The maximum absolute atomic E-state index is 13.3. The molecule has 0 bridgehead atoms. The van der Waals surface area contributed by atoms with Gasteiger partial charge in [-0.1, -0.05) is 30.3 Å². The van der Waals surface area contributed by atoms with Crippen molar-refractivity contribution in [2.75, 3.05) is 0 Å². The number of phenolic OH excluding ortho intramolecular Hbond substituents is 1. The Bertz CT molecular complexity index is 1170. The van der Waals surface area contributed by atoms with Gasteiger partial charge in [0.15, 0.2) is 0 Å². The summed E-state index contributed by atoms with van der Waals surface area (Å²) in [5.41, 5.74) is 4.26. The second-order valence-electron chi connectivity index (χ2n) is 6.95. The van der Waals surface area contributed by atoms with Crippen LogP contribution in [0.1, 0.15) is 17.0 Å². The van der Waals surface area contributed by atoms with Gasteiger partial charge in [0.05, 0.1) is 29.4 Å². The number of amides is 1. The molecule has 0 aliphatic carbocycles. The van der Waals surface area contributed by atoms with Crippen LogP contribution in [0, 0.1) is 0 Å². The molecule has 0 saturated heterocycles. The lowest BCUT2D eigenvalue weighted by Crippen LogP contribution is -2.52. The van der Waals surface area contributed by atoms with Gasteiger partial charge in [-0.3, -0.25) is 19.6 Å². The Balaban J connectivity index is 1.58. The number of nitrogens with zero attached hydrogens (tertiary/aromatic N) is 3. The van der Waals surface area contributed by atoms with E-state index in [0.717, 1.165) is 9.87 Å². The van der Waals surface area contributed by atoms with Crippen LogP contribution >= 0.6 is 0 Å². The number of sulfonamides is 1. The number of phenols is 1. The molecule has 9 nitrogen and oxygen atoms in total. The summed E-state index contributed by atoms with van der Waals surface area (Å²) in [6.45, 7) is 0.0313. The molecular formula is C21H20N4O5S. The summed E-state index contributed by atoms with van der Waals surface area (Å²) < 4.78 is 27.7. The van der Waals surface area contributed by atoms with Crippen molar-refractivity contribution in [2.45, 2.75) is 30.5 Å². The number of hydrogen-bond donors (Lipinski definition) is 2. The molecule has 2 heterocycles. The second-order valence-corrected chi connectivity index (χ2v) is 8.84. The number of fused-ring (bicyclic) bond motifs is 1. The molecule has 0 radical (unpaired) electrons. The van der Waals surface area contributed by atoms with Gasteiger partial charge in [0, 0.05) is 18.8 Å². The van der Waals surface area contributed by atoms with Crippen LogP contribution in [0.3, 0.4) is 0 Å². The predicted octanol–water partition coefficient (Wildman–Crippen LogP) is 1.55. The number of aromatic hydroxyl groups is 1. The monoisotopic (exact) mass is 440 g/mol. The Hall–Kier alpha value is -3.34. The first-order valence-corrected chi connectivity index (χ1v) is 10.9. The average Bonchev–Trinajstić information content (AvgIpc) is 2.79. The average molecular weight is 440 g/mol. The number of aromatic nitrogens is 2. The smallest absolute Gasteiger partial charge is 0.262 e. The lowest BCUT2D eigenvalue weighted by Gasteiger charge is -2.33. The largest absolute Gasteiger partial charge is 0.508 e. The fourth-order valence-corrected chi connectivity index (χ4v) is 4.85. The summed E-state index contributed by atoms with van der Waals surface area (Å²) in [7, 11) is -4.05. The quantitative estimate of drug-likeness (QED) is 0.558. The molecule has 1 aliphatic rings. The van der Waals surface area contributed by atoms with Gasteiger partial charge in [-0.25, -0.2) is 13.9 Å². The van der Waals surface area contributed by atoms with Crippen molar-refractivity contribution in [2.24, 2.45) is 0 Å². The number of hydroxylamine groups is 1. The van der Waals surface area contributed by atoms with Crippen molar-refractivity contribution in [3.05, 3.63) is 83.9 Å². The first kappa shape index (κ1) is 20.9. The molecule has 1 aromatic heterocycles. The van der Waals surface area contributed by atoms with Crippen molar-refractivity contribution >= 4 is 15.9 Å². The van der Waals surface area contributed by atoms with E-state index in [1.807, 2.05) is 30.3 Å². The number of benzene rings is 2. The maximum atomic E-state index is 13.3. The summed E-state index contributed by atoms with van der Waals surface area (Å²) >= 11 is 0. The van der Waals surface area contributed by atoms with E-state index in [2.05, 4.69) is 15.4 Å². The number of carbonyl (C=O) groups is 1. The van der Waals surface area contributed by atoms with E-state index in [1.54, 1.807) is 0 Å². The molecule has 31 heavy (non-hydrogen) atoms. The highest BCUT2D eigenvalue weighted by molar-refractivity contribution is 7.89. The van der Waals surface area contributed by atoms with Crippen molar-refractivity contribution in [1.29, 1.82) is 0 Å². The first-order chi connectivity index (χ1) is 14.9. The number of hydrogen-bond acceptors (Lipinski definition) is 7. The topological polar surface area (TPSA) is 122 Å². The van der Waals surface area contributed by atoms with E-state index >= 15 is 0 Å². The minimum Gasteiger partial charge on any atom is -0.508 e. The van der Waals surface area contributed by atoms with Crippen LogP contribution in [0.25, 0.3) is 0 Å².